The first kappa shape index (κ1) is 35.6. The number of aliphatic carboxylic acids is 1. The fourth-order valence-corrected chi connectivity index (χ4v) is 7.16. The molecule has 1 saturated heterocycles. The molecule has 0 unspecified atom stereocenters. The molecule has 2 saturated carbocycles. The highest BCUT2D eigenvalue weighted by atomic mass is 16.4. The number of amides is 1. The highest BCUT2D eigenvalue weighted by Crippen LogP contribution is 2.43. The van der Waals surface area contributed by atoms with Gasteiger partial charge in [0.1, 0.15) is 17.4 Å². The molecular weight excluding hydrogens is 658 g/mol. The Bertz CT molecular complexity index is 2020. The van der Waals surface area contributed by atoms with E-state index in [9.17, 15) is 29.7 Å². The van der Waals surface area contributed by atoms with E-state index in [1.807, 2.05) is 68.6 Å². The molecule has 2 aromatic heterocycles. The molecule has 3 heterocycles. The first-order valence-electron chi connectivity index (χ1n) is 18.1. The minimum Gasteiger partial charge on any atom is -0.480 e. The second kappa shape index (κ2) is 15.0. The first-order chi connectivity index (χ1) is 25.1. The van der Waals surface area contributed by atoms with Gasteiger partial charge in [0.25, 0.3) is 5.91 Å². The summed E-state index contributed by atoms with van der Waals surface area (Å²) in [4.78, 5) is 49.7. The number of pyridine rings is 2. The van der Waals surface area contributed by atoms with E-state index in [-0.39, 0.29) is 30.8 Å². The summed E-state index contributed by atoms with van der Waals surface area (Å²) in [6, 6.07) is 14.5. The number of carbonyl (C=O) groups excluding carboxylic acids is 2. The largest absolute Gasteiger partial charge is 0.480 e. The van der Waals surface area contributed by atoms with Crippen molar-refractivity contribution in [3.8, 4) is 11.1 Å². The standard InChI is InChI=1S/C41H45N5O6/c1-23-27(13-39(49)36-14-33(25-9-10-25)28(16-42-36)17-44-38(22-47)41(51)52)5-3-6-31(23)32-7-4-8-35(24(32)2)45-40(50)37-15-34(26-11-12-26)29(18-43-37)19-46-20-30(48)21-46/h3-8,14-16,18,25-26,30,38,44,47-48H,9-13,17,19-22H2,1-2H3,(H,45,50)(H,51,52)/t38-/m1/s1. The Morgan fingerprint density at radius 1 is 0.846 bits per heavy atom. The van der Waals surface area contributed by atoms with Crippen molar-refractivity contribution in [2.24, 2.45) is 0 Å². The number of benzene rings is 2. The molecule has 52 heavy (non-hydrogen) atoms. The van der Waals surface area contributed by atoms with Gasteiger partial charge in [0.05, 0.1) is 12.7 Å². The number of nitrogens with zero attached hydrogens (tertiary/aromatic N) is 3. The Labute approximate surface area is 303 Å². The number of hydrogen-bond donors (Lipinski definition) is 5. The third-order valence-electron chi connectivity index (χ3n) is 10.6. The van der Waals surface area contributed by atoms with Crippen LogP contribution in [0.5, 0.6) is 0 Å². The average Bonchev–Trinajstić information content (AvgIpc) is 4.05. The summed E-state index contributed by atoms with van der Waals surface area (Å²) in [6.45, 7) is 5.76. The van der Waals surface area contributed by atoms with Gasteiger partial charge in [-0.25, -0.2) is 0 Å². The number of β-amino-alcohol motifs (C(OH)–C–C–N with tert-alkyl or cyclic N) is 1. The molecule has 1 atom stereocenters. The van der Waals surface area contributed by atoms with E-state index in [1.54, 1.807) is 6.20 Å². The Balaban J connectivity index is 1.06. The molecule has 11 nitrogen and oxygen atoms in total. The minimum absolute atomic E-state index is 0.107. The summed E-state index contributed by atoms with van der Waals surface area (Å²) in [6.07, 6.45) is 7.59. The predicted octanol–water partition coefficient (Wildman–Crippen LogP) is 4.90. The fraction of sp³-hybridized carbons (Fsp3) is 0.390. The van der Waals surface area contributed by atoms with Crippen LogP contribution in [-0.4, -0.2) is 79.7 Å². The SMILES string of the molecule is Cc1c(CC(=O)c2cc(C3CC3)c(CN[C@H](CO)C(=O)O)cn2)cccc1-c1cccc(NC(=O)c2cc(C3CC3)c(CN3CC(O)C3)cn2)c1C. The number of aromatic nitrogens is 2. The van der Waals surface area contributed by atoms with E-state index >= 15 is 0 Å². The van der Waals surface area contributed by atoms with Gasteiger partial charge in [-0.05, 0) is 120 Å². The quantitative estimate of drug-likeness (QED) is 0.108. The van der Waals surface area contributed by atoms with Crippen molar-refractivity contribution in [1.82, 2.24) is 20.2 Å². The molecule has 5 N–H and O–H groups in total. The number of carboxylic acid groups (broad SMARTS) is 1. The molecule has 0 bridgehead atoms. The number of ketones is 1. The van der Waals surface area contributed by atoms with Crippen LogP contribution < -0.4 is 10.6 Å². The van der Waals surface area contributed by atoms with Crippen molar-refractivity contribution >= 4 is 23.3 Å². The zero-order valence-corrected chi connectivity index (χ0v) is 29.6. The van der Waals surface area contributed by atoms with Crippen LogP contribution in [0.3, 0.4) is 0 Å². The number of carboxylic acids is 1. The number of aliphatic hydroxyl groups is 2. The van der Waals surface area contributed by atoms with E-state index in [1.165, 1.54) is 5.56 Å². The maximum Gasteiger partial charge on any atom is 0.323 e. The highest BCUT2D eigenvalue weighted by molar-refractivity contribution is 6.04. The maximum absolute atomic E-state index is 13.6. The van der Waals surface area contributed by atoms with Crippen molar-refractivity contribution in [1.29, 1.82) is 0 Å². The van der Waals surface area contributed by atoms with Crippen molar-refractivity contribution in [2.75, 3.05) is 25.0 Å². The van der Waals surface area contributed by atoms with E-state index < -0.39 is 18.6 Å². The summed E-state index contributed by atoms with van der Waals surface area (Å²) in [5.41, 5.74) is 10.3. The molecule has 2 aromatic carbocycles. The molecule has 11 heteroatoms. The molecular formula is C41H45N5O6. The Kier molecular flexibility index (Phi) is 10.3. The summed E-state index contributed by atoms with van der Waals surface area (Å²) in [7, 11) is 0. The smallest absolute Gasteiger partial charge is 0.323 e. The van der Waals surface area contributed by atoms with Gasteiger partial charge in [0.15, 0.2) is 5.78 Å². The molecule has 2 aliphatic carbocycles. The summed E-state index contributed by atoms with van der Waals surface area (Å²) >= 11 is 0. The third-order valence-corrected chi connectivity index (χ3v) is 10.6. The van der Waals surface area contributed by atoms with Crippen molar-refractivity contribution in [2.45, 2.75) is 83.0 Å². The second-order valence-electron chi connectivity index (χ2n) is 14.5. The van der Waals surface area contributed by atoms with Crippen LogP contribution in [0, 0.1) is 13.8 Å². The highest BCUT2D eigenvalue weighted by Gasteiger charge is 2.31. The molecule has 270 valence electrons. The van der Waals surface area contributed by atoms with Crippen LogP contribution >= 0.6 is 0 Å². The van der Waals surface area contributed by atoms with Crippen LogP contribution in [0.2, 0.25) is 0 Å². The van der Waals surface area contributed by atoms with Gasteiger partial charge in [-0.3, -0.25) is 34.6 Å². The number of rotatable bonds is 15. The van der Waals surface area contributed by atoms with Crippen LogP contribution in [0.1, 0.15) is 97.4 Å². The zero-order valence-electron chi connectivity index (χ0n) is 29.6. The van der Waals surface area contributed by atoms with Gasteiger partial charge < -0.3 is 20.6 Å². The Hall–Kier alpha value is -4.81. The van der Waals surface area contributed by atoms with Crippen molar-refractivity contribution in [3.63, 3.8) is 0 Å². The minimum atomic E-state index is -1.12. The molecule has 3 fully saturated rings. The van der Waals surface area contributed by atoms with Crippen LogP contribution in [0.4, 0.5) is 5.69 Å². The van der Waals surface area contributed by atoms with Crippen LogP contribution in [0.25, 0.3) is 11.1 Å². The number of Topliss-reactive ketones (excluding diaryl/α,β-unsaturated/α-hetero) is 1. The molecule has 0 radical (unpaired) electrons. The molecule has 7 rings (SSSR count). The van der Waals surface area contributed by atoms with Crippen molar-refractivity contribution in [3.05, 3.63) is 111 Å². The molecule has 1 aliphatic heterocycles. The van der Waals surface area contributed by atoms with Crippen LogP contribution in [0.15, 0.2) is 60.9 Å². The number of hydrogen-bond acceptors (Lipinski definition) is 9. The van der Waals surface area contributed by atoms with Crippen LogP contribution in [-0.2, 0) is 24.3 Å². The first-order valence-corrected chi connectivity index (χ1v) is 18.1. The van der Waals surface area contributed by atoms with Crippen molar-refractivity contribution < 1.29 is 29.7 Å². The number of nitrogens with one attached hydrogen (secondary N) is 2. The molecule has 4 aromatic rings. The second-order valence-corrected chi connectivity index (χ2v) is 14.5. The lowest BCUT2D eigenvalue weighted by atomic mass is 9.90. The van der Waals surface area contributed by atoms with Gasteiger partial charge in [-0.1, -0.05) is 30.3 Å². The topological polar surface area (TPSA) is 165 Å². The lowest BCUT2D eigenvalue weighted by molar-refractivity contribution is -0.140. The van der Waals surface area contributed by atoms with E-state index in [0.29, 0.717) is 42.0 Å². The van der Waals surface area contributed by atoms with E-state index in [2.05, 4.69) is 25.5 Å². The molecule has 1 amide bonds. The monoisotopic (exact) mass is 703 g/mol. The fourth-order valence-electron chi connectivity index (χ4n) is 7.16. The summed E-state index contributed by atoms with van der Waals surface area (Å²) < 4.78 is 0. The molecule has 3 aliphatic rings. The predicted molar refractivity (Wildman–Crippen MR) is 196 cm³/mol. The summed E-state index contributed by atoms with van der Waals surface area (Å²) in [5.74, 6) is -0.734. The lowest BCUT2D eigenvalue weighted by Crippen LogP contribution is -2.49. The average molecular weight is 704 g/mol. The number of likely N-dealkylation sites (tertiary alicyclic amines) is 1. The molecule has 0 spiro atoms. The normalized spacial score (nSPS) is 16.7. The lowest BCUT2D eigenvalue weighted by Gasteiger charge is -2.36. The Morgan fingerprint density at radius 3 is 2.12 bits per heavy atom. The summed E-state index contributed by atoms with van der Waals surface area (Å²) in [5, 5.41) is 34.3. The Morgan fingerprint density at radius 2 is 1.46 bits per heavy atom. The number of aliphatic hydroxyl groups excluding tert-OH is 2. The van der Waals surface area contributed by atoms with Gasteiger partial charge >= 0.3 is 5.97 Å². The maximum atomic E-state index is 13.6. The van der Waals surface area contributed by atoms with Gasteiger partial charge in [-0.2, -0.15) is 0 Å². The van der Waals surface area contributed by atoms with E-state index in [4.69, 9.17) is 0 Å². The van der Waals surface area contributed by atoms with Gasteiger partial charge in [0, 0.05) is 50.7 Å². The zero-order chi connectivity index (χ0) is 36.5. The van der Waals surface area contributed by atoms with E-state index in [0.717, 1.165) is 76.7 Å². The van der Waals surface area contributed by atoms with Gasteiger partial charge in [-0.15, -0.1) is 0 Å². The number of anilines is 1. The van der Waals surface area contributed by atoms with Gasteiger partial charge in [0.2, 0.25) is 0 Å². The third kappa shape index (κ3) is 7.83. The number of carbonyl (C=O) groups is 3.